The minimum atomic E-state index is -4.35. The first-order chi connectivity index (χ1) is 15.2. The van der Waals surface area contributed by atoms with Crippen LogP contribution in [0.4, 0.5) is 13.2 Å². The second-order valence-corrected chi connectivity index (χ2v) is 10.3. The molecule has 0 aliphatic rings. The van der Waals surface area contributed by atoms with E-state index in [1.807, 2.05) is 19.1 Å². The van der Waals surface area contributed by atoms with Gasteiger partial charge in [0.25, 0.3) is 0 Å². The molecule has 0 radical (unpaired) electrons. The Labute approximate surface area is 194 Å². The molecule has 166 valence electrons. The minimum absolute atomic E-state index is 0.0628. The summed E-state index contributed by atoms with van der Waals surface area (Å²) in [4.78, 5) is 21.9. The molecule has 0 spiro atoms. The van der Waals surface area contributed by atoms with E-state index in [1.165, 1.54) is 34.8 Å². The van der Waals surface area contributed by atoms with Crippen LogP contribution in [0.3, 0.4) is 0 Å². The van der Waals surface area contributed by atoms with Gasteiger partial charge in [0.2, 0.25) is 0 Å². The van der Waals surface area contributed by atoms with E-state index in [2.05, 4.69) is 16.0 Å². The van der Waals surface area contributed by atoms with Crippen molar-refractivity contribution in [1.29, 1.82) is 0 Å². The third-order valence-electron chi connectivity index (χ3n) is 4.68. The number of halogens is 3. The predicted molar refractivity (Wildman–Crippen MR) is 122 cm³/mol. The van der Waals surface area contributed by atoms with Crippen LogP contribution in [0.2, 0.25) is 0 Å². The van der Waals surface area contributed by atoms with Crippen LogP contribution in [0.1, 0.15) is 27.6 Å². The van der Waals surface area contributed by atoms with Gasteiger partial charge in [0.05, 0.1) is 32.9 Å². The molecule has 2 aromatic carbocycles. The Morgan fingerprint density at radius 2 is 1.84 bits per heavy atom. The lowest BCUT2D eigenvalue weighted by molar-refractivity contribution is -0.138. The summed E-state index contributed by atoms with van der Waals surface area (Å²) >= 11 is 4.64. The summed E-state index contributed by atoms with van der Waals surface area (Å²) in [5.41, 5.74) is 1.72. The summed E-state index contributed by atoms with van der Waals surface area (Å²) in [5, 5.41) is 10.3. The summed E-state index contributed by atoms with van der Waals surface area (Å²) in [6.45, 7) is 1.90. The van der Waals surface area contributed by atoms with Crippen molar-refractivity contribution in [2.75, 3.05) is 0 Å². The number of hydrogen-bond acceptors (Lipinski definition) is 6. The van der Waals surface area contributed by atoms with Gasteiger partial charge < -0.3 is 5.11 Å². The van der Waals surface area contributed by atoms with E-state index in [9.17, 15) is 18.0 Å². The molecular weight excluding hydrogens is 477 g/mol. The van der Waals surface area contributed by atoms with Crippen molar-refractivity contribution in [3.05, 3.63) is 63.6 Å². The molecule has 0 saturated heterocycles. The first-order valence-electron chi connectivity index (χ1n) is 9.57. The van der Waals surface area contributed by atoms with Crippen LogP contribution in [0.25, 0.3) is 20.8 Å². The number of fused-ring (bicyclic) bond motifs is 1. The lowest BCUT2D eigenvalue weighted by atomic mass is 10.1. The molecule has 4 aromatic rings. The highest BCUT2D eigenvalue weighted by Gasteiger charge is 2.30. The lowest BCUT2D eigenvalue weighted by Gasteiger charge is -2.06. The van der Waals surface area contributed by atoms with Crippen molar-refractivity contribution in [1.82, 2.24) is 9.97 Å². The first-order valence-corrected chi connectivity index (χ1v) is 12.2. The van der Waals surface area contributed by atoms with Crippen molar-refractivity contribution in [3.63, 3.8) is 0 Å². The number of carboxylic acid groups (broad SMARTS) is 1. The number of thiazole rings is 2. The highest BCUT2D eigenvalue weighted by atomic mass is 32.2. The Bertz CT molecular complexity index is 1260. The summed E-state index contributed by atoms with van der Waals surface area (Å²) in [6.07, 6.45) is -3.87. The normalized spacial score (nSPS) is 11.9. The summed E-state index contributed by atoms with van der Waals surface area (Å²) in [5.74, 6) is -0.142. The zero-order chi connectivity index (χ0) is 22.9. The summed E-state index contributed by atoms with van der Waals surface area (Å²) < 4.78 is 39.4. The number of carboxylic acids is 1. The number of aliphatic carboxylic acids is 1. The van der Waals surface area contributed by atoms with Crippen LogP contribution in [0.5, 0.6) is 0 Å². The molecule has 0 fully saturated rings. The van der Waals surface area contributed by atoms with Gasteiger partial charge in [-0.05, 0) is 37.3 Å². The van der Waals surface area contributed by atoms with E-state index >= 15 is 0 Å². The van der Waals surface area contributed by atoms with E-state index in [1.54, 1.807) is 11.8 Å². The molecule has 0 aliphatic heterocycles. The van der Waals surface area contributed by atoms with Gasteiger partial charge in [-0.25, -0.2) is 9.97 Å². The third-order valence-corrected chi connectivity index (χ3v) is 8.17. The van der Waals surface area contributed by atoms with Gasteiger partial charge in [-0.15, -0.1) is 34.4 Å². The molecule has 1 N–H and O–H groups in total. The minimum Gasteiger partial charge on any atom is -0.481 e. The van der Waals surface area contributed by atoms with Crippen LogP contribution < -0.4 is 0 Å². The molecule has 0 unspecified atom stereocenters. The lowest BCUT2D eigenvalue weighted by Crippen LogP contribution is -2.03. The van der Waals surface area contributed by atoms with Gasteiger partial charge in [0.1, 0.15) is 5.01 Å². The second kappa shape index (κ2) is 9.21. The SMILES string of the molecule is Cc1nc(-c2ccc(C(F)(F)F)cc2)sc1CSc1ccc2nc(CCC(=O)O)sc2c1. The van der Waals surface area contributed by atoms with Crippen LogP contribution >= 0.6 is 34.4 Å². The zero-order valence-electron chi connectivity index (χ0n) is 16.8. The Balaban J connectivity index is 1.45. The number of nitrogens with zero attached hydrogens (tertiary/aromatic N) is 2. The second-order valence-electron chi connectivity index (χ2n) is 7.02. The average molecular weight is 495 g/mol. The predicted octanol–water partition coefficient (Wildman–Crippen LogP) is 7.06. The Morgan fingerprint density at radius 1 is 1.09 bits per heavy atom. The largest absolute Gasteiger partial charge is 0.481 e. The van der Waals surface area contributed by atoms with Crippen molar-refractivity contribution >= 4 is 50.6 Å². The molecule has 0 amide bonds. The number of aryl methyl sites for hydroxylation is 2. The fourth-order valence-corrected chi connectivity index (χ4v) is 6.23. The zero-order valence-corrected chi connectivity index (χ0v) is 19.2. The highest BCUT2D eigenvalue weighted by molar-refractivity contribution is 7.98. The molecule has 0 atom stereocenters. The van der Waals surface area contributed by atoms with Crippen molar-refractivity contribution < 1.29 is 23.1 Å². The molecule has 4 nitrogen and oxygen atoms in total. The van der Waals surface area contributed by atoms with Crippen molar-refractivity contribution in [3.8, 4) is 10.6 Å². The van der Waals surface area contributed by atoms with Crippen LogP contribution in [-0.4, -0.2) is 21.0 Å². The molecule has 2 aromatic heterocycles. The van der Waals surface area contributed by atoms with Crippen LogP contribution in [0.15, 0.2) is 47.4 Å². The molecule has 0 bridgehead atoms. The maximum absolute atomic E-state index is 12.8. The number of hydrogen-bond donors (Lipinski definition) is 1. The Kier molecular flexibility index (Phi) is 6.55. The molecule has 10 heteroatoms. The fourth-order valence-electron chi connectivity index (χ4n) is 3.00. The Hall–Kier alpha value is -2.43. The van der Waals surface area contributed by atoms with E-state index in [4.69, 9.17) is 5.11 Å². The van der Waals surface area contributed by atoms with Gasteiger partial charge in [0.15, 0.2) is 0 Å². The maximum atomic E-state index is 12.8. The van der Waals surface area contributed by atoms with Gasteiger partial charge in [0, 0.05) is 27.5 Å². The topological polar surface area (TPSA) is 63.1 Å². The molecule has 32 heavy (non-hydrogen) atoms. The quantitative estimate of drug-likeness (QED) is 0.279. The van der Waals surface area contributed by atoms with Gasteiger partial charge in [-0.2, -0.15) is 13.2 Å². The number of carbonyl (C=O) groups is 1. The van der Waals surface area contributed by atoms with E-state index in [0.29, 0.717) is 22.7 Å². The molecule has 0 aliphatic carbocycles. The molecular formula is C22H17F3N2O2S3. The van der Waals surface area contributed by atoms with Gasteiger partial charge in [-0.3, -0.25) is 4.79 Å². The standard InChI is InChI=1S/C22H17F3N2O2S3/c1-12-18(32-21(26-12)13-2-4-14(5-3-13)22(23,24)25)11-30-15-6-7-16-17(10-15)31-19(27-16)8-9-20(28)29/h2-7,10H,8-9,11H2,1H3,(H,28,29). The van der Waals surface area contributed by atoms with E-state index in [0.717, 1.165) is 42.8 Å². The van der Waals surface area contributed by atoms with E-state index in [-0.39, 0.29) is 6.42 Å². The first kappa shape index (κ1) is 22.8. The third kappa shape index (κ3) is 5.31. The maximum Gasteiger partial charge on any atom is 0.416 e. The Morgan fingerprint density at radius 3 is 2.53 bits per heavy atom. The molecule has 2 heterocycles. The van der Waals surface area contributed by atoms with Gasteiger partial charge in [-0.1, -0.05) is 12.1 Å². The fraction of sp³-hybridized carbons (Fsp3) is 0.227. The van der Waals surface area contributed by atoms with Crippen LogP contribution in [-0.2, 0) is 23.1 Å². The van der Waals surface area contributed by atoms with Crippen molar-refractivity contribution in [2.24, 2.45) is 0 Å². The number of rotatable bonds is 7. The number of aromatic nitrogens is 2. The monoisotopic (exact) mass is 494 g/mol. The van der Waals surface area contributed by atoms with E-state index < -0.39 is 17.7 Å². The average Bonchev–Trinajstić information content (AvgIpc) is 3.32. The smallest absolute Gasteiger partial charge is 0.416 e. The summed E-state index contributed by atoms with van der Waals surface area (Å²) in [7, 11) is 0. The highest BCUT2D eigenvalue weighted by Crippen LogP contribution is 2.36. The summed E-state index contributed by atoms with van der Waals surface area (Å²) in [6, 6.07) is 11.0. The number of thioether (sulfide) groups is 1. The van der Waals surface area contributed by atoms with Crippen LogP contribution in [0, 0.1) is 6.92 Å². The molecule has 4 rings (SSSR count). The molecule has 0 saturated carbocycles. The number of alkyl halides is 3. The van der Waals surface area contributed by atoms with Crippen molar-refractivity contribution in [2.45, 2.75) is 36.6 Å². The number of benzene rings is 2. The van der Waals surface area contributed by atoms with Gasteiger partial charge >= 0.3 is 12.1 Å².